The van der Waals surface area contributed by atoms with Gasteiger partial charge in [0, 0.05) is 6.42 Å². The van der Waals surface area contributed by atoms with E-state index in [1.165, 1.54) is 24.0 Å². The third-order valence-corrected chi connectivity index (χ3v) is 2.36. The van der Waals surface area contributed by atoms with Crippen molar-refractivity contribution in [3.05, 3.63) is 35.4 Å². The largest absolute Gasteiger partial charge is 0.303 e. The SMILES string of the molecule is CCCCc1cccc(CCC=O)c1. The fourth-order valence-corrected chi connectivity index (χ4v) is 1.55. The molecule has 0 aliphatic rings. The van der Waals surface area contributed by atoms with Gasteiger partial charge in [0.2, 0.25) is 0 Å². The lowest BCUT2D eigenvalue weighted by Gasteiger charge is -2.02. The van der Waals surface area contributed by atoms with Crippen LogP contribution in [0.3, 0.4) is 0 Å². The third kappa shape index (κ3) is 3.73. The van der Waals surface area contributed by atoms with E-state index in [2.05, 4.69) is 31.2 Å². The summed E-state index contributed by atoms with van der Waals surface area (Å²) in [5, 5.41) is 0. The lowest BCUT2D eigenvalue weighted by atomic mass is 10.0. The number of hydrogen-bond donors (Lipinski definition) is 0. The Kier molecular flexibility index (Phi) is 4.98. The second-order valence-electron chi connectivity index (χ2n) is 3.63. The van der Waals surface area contributed by atoms with Crippen LogP contribution in [-0.4, -0.2) is 6.29 Å². The fourth-order valence-electron chi connectivity index (χ4n) is 1.55. The number of rotatable bonds is 6. The molecule has 0 bridgehead atoms. The zero-order chi connectivity index (χ0) is 10.2. The summed E-state index contributed by atoms with van der Waals surface area (Å²) < 4.78 is 0. The highest BCUT2D eigenvalue weighted by molar-refractivity contribution is 5.50. The van der Waals surface area contributed by atoms with Gasteiger partial charge in [-0.1, -0.05) is 37.6 Å². The number of benzene rings is 1. The minimum atomic E-state index is 0.636. The van der Waals surface area contributed by atoms with E-state index in [0.29, 0.717) is 6.42 Å². The van der Waals surface area contributed by atoms with Crippen LogP contribution in [0.2, 0.25) is 0 Å². The van der Waals surface area contributed by atoms with Crippen molar-refractivity contribution >= 4 is 6.29 Å². The predicted molar refractivity (Wildman–Crippen MR) is 59.4 cm³/mol. The van der Waals surface area contributed by atoms with Gasteiger partial charge in [0.1, 0.15) is 6.29 Å². The zero-order valence-electron chi connectivity index (χ0n) is 8.83. The highest BCUT2D eigenvalue weighted by Gasteiger charge is 1.95. The van der Waals surface area contributed by atoms with E-state index in [4.69, 9.17) is 0 Å². The van der Waals surface area contributed by atoms with Gasteiger partial charge in [-0.3, -0.25) is 0 Å². The molecule has 0 N–H and O–H groups in total. The summed E-state index contributed by atoms with van der Waals surface area (Å²) >= 11 is 0. The average Bonchev–Trinajstić information content (AvgIpc) is 2.24. The van der Waals surface area contributed by atoms with Gasteiger partial charge in [-0.25, -0.2) is 0 Å². The van der Waals surface area contributed by atoms with Crippen molar-refractivity contribution in [2.45, 2.75) is 39.0 Å². The molecule has 0 heterocycles. The summed E-state index contributed by atoms with van der Waals surface area (Å²) in [4.78, 5) is 10.2. The quantitative estimate of drug-likeness (QED) is 0.630. The molecule has 0 spiro atoms. The molecule has 0 amide bonds. The molecule has 1 heteroatoms. The lowest BCUT2D eigenvalue weighted by Crippen LogP contribution is -1.90. The van der Waals surface area contributed by atoms with Crippen molar-refractivity contribution in [2.75, 3.05) is 0 Å². The third-order valence-electron chi connectivity index (χ3n) is 2.36. The maximum atomic E-state index is 10.2. The molecule has 1 nitrogen and oxygen atoms in total. The molecule has 0 aromatic heterocycles. The minimum Gasteiger partial charge on any atom is -0.303 e. The summed E-state index contributed by atoms with van der Waals surface area (Å²) in [5.74, 6) is 0. The van der Waals surface area contributed by atoms with Gasteiger partial charge >= 0.3 is 0 Å². The first kappa shape index (κ1) is 11.0. The van der Waals surface area contributed by atoms with Crippen LogP contribution in [0.5, 0.6) is 0 Å². The molecule has 0 radical (unpaired) electrons. The molecule has 0 saturated carbocycles. The van der Waals surface area contributed by atoms with Gasteiger partial charge in [0.25, 0.3) is 0 Å². The summed E-state index contributed by atoms with van der Waals surface area (Å²) in [6, 6.07) is 8.57. The van der Waals surface area contributed by atoms with Gasteiger partial charge in [-0.2, -0.15) is 0 Å². The molecular formula is C13H18O. The molecule has 0 fully saturated rings. The van der Waals surface area contributed by atoms with Crippen LogP contribution >= 0.6 is 0 Å². The molecule has 0 aliphatic heterocycles. The summed E-state index contributed by atoms with van der Waals surface area (Å²) in [6.07, 6.45) is 6.14. The van der Waals surface area contributed by atoms with Crippen molar-refractivity contribution in [2.24, 2.45) is 0 Å². The standard InChI is InChI=1S/C13H18O/c1-2-3-6-12-7-4-8-13(11-12)9-5-10-14/h4,7-8,10-11H,2-3,5-6,9H2,1H3. The Balaban J connectivity index is 2.54. The Hall–Kier alpha value is -1.11. The van der Waals surface area contributed by atoms with Crippen LogP contribution in [0.1, 0.15) is 37.3 Å². The summed E-state index contributed by atoms with van der Waals surface area (Å²) in [5.41, 5.74) is 2.68. The van der Waals surface area contributed by atoms with Gasteiger partial charge in [0.15, 0.2) is 0 Å². The van der Waals surface area contributed by atoms with Crippen LogP contribution in [0.15, 0.2) is 24.3 Å². The van der Waals surface area contributed by atoms with E-state index in [-0.39, 0.29) is 0 Å². The number of hydrogen-bond acceptors (Lipinski definition) is 1. The van der Waals surface area contributed by atoms with E-state index < -0.39 is 0 Å². The maximum Gasteiger partial charge on any atom is 0.120 e. The summed E-state index contributed by atoms with van der Waals surface area (Å²) in [6.45, 7) is 2.20. The topological polar surface area (TPSA) is 17.1 Å². The molecule has 0 saturated heterocycles. The number of carbonyl (C=O) groups is 1. The molecule has 14 heavy (non-hydrogen) atoms. The Morgan fingerprint density at radius 3 is 2.57 bits per heavy atom. The van der Waals surface area contributed by atoms with Crippen molar-refractivity contribution in [1.29, 1.82) is 0 Å². The fraction of sp³-hybridized carbons (Fsp3) is 0.462. The normalized spacial score (nSPS) is 10.1. The van der Waals surface area contributed by atoms with Crippen molar-refractivity contribution in [3.63, 3.8) is 0 Å². The lowest BCUT2D eigenvalue weighted by molar-refractivity contribution is -0.107. The van der Waals surface area contributed by atoms with Crippen molar-refractivity contribution in [3.8, 4) is 0 Å². The molecule has 0 aliphatic carbocycles. The number of aryl methyl sites for hydroxylation is 2. The van der Waals surface area contributed by atoms with E-state index >= 15 is 0 Å². The number of carbonyl (C=O) groups excluding carboxylic acids is 1. The molecule has 0 atom stereocenters. The molecule has 1 aromatic rings. The van der Waals surface area contributed by atoms with E-state index in [1.54, 1.807) is 0 Å². The monoisotopic (exact) mass is 190 g/mol. The highest BCUT2D eigenvalue weighted by atomic mass is 16.1. The van der Waals surface area contributed by atoms with Gasteiger partial charge < -0.3 is 4.79 Å². The summed E-state index contributed by atoms with van der Waals surface area (Å²) in [7, 11) is 0. The Labute approximate surface area is 86.1 Å². The van der Waals surface area contributed by atoms with Crippen LogP contribution in [0.4, 0.5) is 0 Å². The molecule has 1 aromatic carbocycles. The number of unbranched alkanes of at least 4 members (excludes halogenated alkanes) is 1. The van der Waals surface area contributed by atoms with Crippen LogP contribution < -0.4 is 0 Å². The molecular weight excluding hydrogens is 172 g/mol. The maximum absolute atomic E-state index is 10.2. The molecule has 0 unspecified atom stereocenters. The second-order valence-corrected chi connectivity index (χ2v) is 3.63. The van der Waals surface area contributed by atoms with Gasteiger partial charge in [0.05, 0.1) is 0 Å². The van der Waals surface area contributed by atoms with E-state index in [9.17, 15) is 4.79 Å². The Morgan fingerprint density at radius 2 is 1.93 bits per heavy atom. The Morgan fingerprint density at radius 1 is 1.21 bits per heavy atom. The van der Waals surface area contributed by atoms with Crippen molar-refractivity contribution < 1.29 is 4.79 Å². The molecule has 76 valence electrons. The predicted octanol–water partition coefficient (Wildman–Crippen LogP) is 3.16. The molecule has 1 rings (SSSR count). The van der Waals surface area contributed by atoms with Crippen LogP contribution in [0.25, 0.3) is 0 Å². The van der Waals surface area contributed by atoms with Gasteiger partial charge in [-0.05, 0) is 30.4 Å². The first-order valence-electron chi connectivity index (χ1n) is 5.38. The van der Waals surface area contributed by atoms with Crippen LogP contribution in [-0.2, 0) is 17.6 Å². The average molecular weight is 190 g/mol. The first-order chi connectivity index (χ1) is 6.86. The minimum absolute atomic E-state index is 0.636. The van der Waals surface area contributed by atoms with Crippen LogP contribution in [0, 0.1) is 0 Å². The highest BCUT2D eigenvalue weighted by Crippen LogP contribution is 2.09. The van der Waals surface area contributed by atoms with E-state index in [1.807, 2.05) is 0 Å². The first-order valence-corrected chi connectivity index (χ1v) is 5.38. The zero-order valence-corrected chi connectivity index (χ0v) is 8.83. The van der Waals surface area contributed by atoms with E-state index in [0.717, 1.165) is 19.1 Å². The smallest absolute Gasteiger partial charge is 0.120 e. The van der Waals surface area contributed by atoms with Gasteiger partial charge in [-0.15, -0.1) is 0 Å². The van der Waals surface area contributed by atoms with Crippen molar-refractivity contribution in [1.82, 2.24) is 0 Å². The number of aldehydes is 1. The Bertz CT molecular complexity index is 278. The second kappa shape index (κ2) is 6.36.